The number of hydrogen-bond acceptors (Lipinski definition) is 4. The molecule has 0 unspecified atom stereocenters. The van der Waals surface area contributed by atoms with Crippen LogP contribution in [0.1, 0.15) is 26.3 Å². The van der Waals surface area contributed by atoms with Crippen molar-refractivity contribution < 1.29 is 14.3 Å². The van der Waals surface area contributed by atoms with Gasteiger partial charge in [0.15, 0.2) is 0 Å². The molecule has 1 N–H and O–H groups in total. The second-order valence-electron chi connectivity index (χ2n) is 7.18. The van der Waals surface area contributed by atoms with Crippen molar-refractivity contribution in [3.05, 3.63) is 60.2 Å². The van der Waals surface area contributed by atoms with E-state index in [9.17, 15) is 4.79 Å². The third-order valence-electron chi connectivity index (χ3n) is 4.75. The Morgan fingerprint density at radius 1 is 1.11 bits per heavy atom. The molecule has 0 spiro atoms. The normalized spacial score (nSPS) is 21.4. The van der Waals surface area contributed by atoms with E-state index in [1.165, 1.54) is 0 Å². The fourth-order valence-corrected chi connectivity index (χ4v) is 3.32. The number of nitrogens with one attached hydrogen (secondary N) is 1. The smallest absolute Gasteiger partial charge is 0.241 e. The molecular weight excluding hydrogens is 340 g/mol. The first-order chi connectivity index (χ1) is 13.0. The Kier molecular flexibility index (Phi) is 6.48. The van der Waals surface area contributed by atoms with E-state index in [2.05, 4.69) is 10.2 Å². The highest BCUT2D eigenvalue weighted by molar-refractivity contribution is 5.94. The number of amides is 1. The minimum Gasteiger partial charge on any atom is -0.489 e. The van der Waals surface area contributed by atoms with E-state index in [4.69, 9.17) is 9.47 Å². The summed E-state index contributed by atoms with van der Waals surface area (Å²) < 4.78 is 11.5. The zero-order valence-corrected chi connectivity index (χ0v) is 16.2. The molecular formula is C22H28N2O3. The minimum atomic E-state index is -0.201. The molecule has 144 valence electrons. The Morgan fingerprint density at radius 3 is 2.37 bits per heavy atom. The van der Waals surface area contributed by atoms with Crippen LogP contribution in [0.3, 0.4) is 0 Å². The summed E-state index contributed by atoms with van der Waals surface area (Å²) in [4.78, 5) is 14.8. The van der Waals surface area contributed by atoms with E-state index >= 15 is 0 Å². The topological polar surface area (TPSA) is 50.8 Å². The third-order valence-corrected chi connectivity index (χ3v) is 4.75. The Labute approximate surface area is 161 Å². The van der Waals surface area contributed by atoms with Gasteiger partial charge in [0.1, 0.15) is 12.4 Å². The van der Waals surface area contributed by atoms with Gasteiger partial charge in [-0.25, -0.2) is 0 Å². The monoisotopic (exact) mass is 368 g/mol. The number of rotatable bonds is 6. The molecule has 3 atom stereocenters. The van der Waals surface area contributed by atoms with Gasteiger partial charge in [0, 0.05) is 18.8 Å². The first-order valence-electron chi connectivity index (χ1n) is 9.48. The van der Waals surface area contributed by atoms with Gasteiger partial charge < -0.3 is 14.8 Å². The van der Waals surface area contributed by atoms with Crippen molar-refractivity contribution in [2.24, 2.45) is 0 Å². The van der Waals surface area contributed by atoms with Crippen molar-refractivity contribution in [1.29, 1.82) is 0 Å². The van der Waals surface area contributed by atoms with Gasteiger partial charge in [0.05, 0.1) is 18.2 Å². The van der Waals surface area contributed by atoms with Gasteiger partial charge >= 0.3 is 0 Å². The quantitative estimate of drug-likeness (QED) is 0.845. The van der Waals surface area contributed by atoms with E-state index in [-0.39, 0.29) is 24.2 Å². The van der Waals surface area contributed by atoms with Gasteiger partial charge in [-0.2, -0.15) is 0 Å². The Morgan fingerprint density at radius 2 is 1.74 bits per heavy atom. The van der Waals surface area contributed by atoms with Crippen LogP contribution in [-0.4, -0.2) is 42.1 Å². The van der Waals surface area contributed by atoms with E-state index in [1.54, 1.807) is 0 Å². The molecule has 0 bridgehead atoms. The highest BCUT2D eigenvalue weighted by Gasteiger charge is 2.29. The molecule has 1 heterocycles. The summed E-state index contributed by atoms with van der Waals surface area (Å²) in [5.41, 5.74) is 1.89. The first-order valence-corrected chi connectivity index (χ1v) is 9.48. The highest BCUT2D eigenvalue weighted by Crippen LogP contribution is 2.19. The maximum atomic E-state index is 12.6. The number of nitrogens with zero attached hydrogens (tertiary/aromatic N) is 1. The molecule has 1 aliphatic heterocycles. The van der Waals surface area contributed by atoms with Crippen LogP contribution >= 0.6 is 0 Å². The van der Waals surface area contributed by atoms with Crippen LogP contribution in [0.4, 0.5) is 5.69 Å². The van der Waals surface area contributed by atoms with Crippen LogP contribution in [0, 0.1) is 0 Å². The van der Waals surface area contributed by atoms with Gasteiger partial charge in [0.2, 0.25) is 5.91 Å². The summed E-state index contributed by atoms with van der Waals surface area (Å²) in [6.45, 7) is 8.09. The van der Waals surface area contributed by atoms with Gasteiger partial charge in [-0.05, 0) is 50.6 Å². The van der Waals surface area contributed by atoms with E-state index in [0.29, 0.717) is 6.61 Å². The molecule has 3 rings (SSSR count). The molecule has 0 aliphatic carbocycles. The summed E-state index contributed by atoms with van der Waals surface area (Å²) in [5, 5.41) is 2.99. The van der Waals surface area contributed by atoms with Crippen molar-refractivity contribution >= 4 is 11.6 Å². The largest absolute Gasteiger partial charge is 0.489 e. The number of carbonyl (C=O) groups excluding carboxylic acids is 1. The molecule has 0 radical (unpaired) electrons. The minimum absolute atomic E-state index is 0.00532. The number of ether oxygens (including phenoxy) is 2. The lowest BCUT2D eigenvalue weighted by atomic mass is 10.1. The van der Waals surface area contributed by atoms with Crippen LogP contribution < -0.4 is 10.1 Å². The molecule has 1 amide bonds. The molecule has 2 aromatic carbocycles. The van der Waals surface area contributed by atoms with Gasteiger partial charge in [-0.3, -0.25) is 9.69 Å². The van der Waals surface area contributed by atoms with E-state index < -0.39 is 0 Å². The number of morpholine rings is 1. The van der Waals surface area contributed by atoms with Crippen LogP contribution in [0.15, 0.2) is 54.6 Å². The average Bonchev–Trinajstić information content (AvgIpc) is 2.67. The lowest BCUT2D eigenvalue weighted by molar-refractivity contribution is -0.126. The number of hydrogen-bond donors (Lipinski definition) is 1. The number of benzene rings is 2. The summed E-state index contributed by atoms with van der Waals surface area (Å²) in [6.07, 6.45) is 0.287. The Bertz CT molecular complexity index is 723. The van der Waals surface area contributed by atoms with E-state index in [0.717, 1.165) is 30.1 Å². The molecule has 1 fully saturated rings. The molecule has 0 aromatic heterocycles. The molecule has 2 aromatic rings. The van der Waals surface area contributed by atoms with Crippen molar-refractivity contribution in [3.8, 4) is 5.75 Å². The molecule has 1 saturated heterocycles. The second kappa shape index (κ2) is 9.02. The van der Waals surface area contributed by atoms with Crippen LogP contribution in [0.25, 0.3) is 0 Å². The van der Waals surface area contributed by atoms with Crippen LogP contribution in [-0.2, 0) is 16.1 Å². The van der Waals surface area contributed by atoms with Gasteiger partial charge in [-0.15, -0.1) is 0 Å². The summed E-state index contributed by atoms with van der Waals surface area (Å²) in [6, 6.07) is 17.3. The van der Waals surface area contributed by atoms with Crippen molar-refractivity contribution in [2.75, 3.05) is 18.4 Å². The summed E-state index contributed by atoms with van der Waals surface area (Å²) in [5.74, 6) is 0.773. The lowest BCUT2D eigenvalue weighted by Crippen LogP contribution is -2.52. The van der Waals surface area contributed by atoms with Gasteiger partial charge in [-0.1, -0.05) is 30.3 Å². The maximum Gasteiger partial charge on any atom is 0.241 e. The fourth-order valence-electron chi connectivity index (χ4n) is 3.32. The van der Waals surface area contributed by atoms with Crippen molar-refractivity contribution in [2.45, 2.75) is 45.6 Å². The number of anilines is 1. The Hall–Kier alpha value is -2.37. The van der Waals surface area contributed by atoms with E-state index in [1.807, 2.05) is 75.4 Å². The SMILES string of the molecule is C[C@H]1CN([C@@H](C)C(=O)Nc2ccc(OCc3ccccc3)cc2)C[C@H](C)O1. The maximum absolute atomic E-state index is 12.6. The molecule has 5 heteroatoms. The lowest BCUT2D eigenvalue weighted by Gasteiger charge is -2.38. The van der Waals surface area contributed by atoms with Gasteiger partial charge in [0.25, 0.3) is 0 Å². The predicted octanol–water partition coefficient (Wildman–Crippen LogP) is 3.70. The Balaban J connectivity index is 1.52. The third kappa shape index (κ3) is 5.55. The number of carbonyl (C=O) groups is 1. The first kappa shape index (κ1) is 19.4. The molecule has 1 aliphatic rings. The molecule has 5 nitrogen and oxygen atoms in total. The fraction of sp³-hybridized carbons (Fsp3) is 0.409. The average molecular weight is 368 g/mol. The predicted molar refractivity (Wildman–Crippen MR) is 107 cm³/mol. The zero-order valence-electron chi connectivity index (χ0n) is 16.2. The van der Waals surface area contributed by atoms with Crippen LogP contribution in [0.5, 0.6) is 5.75 Å². The molecule has 0 saturated carbocycles. The zero-order chi connectivity index (χ0) is 19.2. The molecule has 27 heavy (non-hydrogen) atoms. The highest BCUT2D eigenvalue weighted by atomic mass is 16.5. The summed E-state index contributed by atoms with van der Waals surface area (Å²) >= 11 is 0. The second-order valence-corrected chi connectivity index (χ2v) is 7.18. The van der Waals surface area contributed by atoms with Crippen molar-refractivity contribution in [3.63, 3.8) is 0 Å². The van der Waals surface area contributed by atoms with Crippen molar-refractivity contribution in [1.82, 2.24) is 4.90 Å². The standard InChI is InChI=1S/C22H28N2O3/c1-16-13-24(14-17(2)27-16)18(3)22(25)23-20-9-11-21(12-10-20)26-15-19-7-5-4-6-8-19/h4-12,16-18H,13-15H2,1-3H3,(H,23,25)/t16-,17-,18-/m0/s1. The summed E-state index contributed by atoms with van der Waals surface area (Å²) in [7, 11) is 0. The van der Waals surface area contributed by atoms with Crippen LogP contribution in [0.2, 0.25) is 0 Å².